The zero-order chi connectivity index (χ0) is 28.1. The fourth-order valence-electron chi connectivity index (χ4n) is 5.99. The number of hydrogen-bond acceptors (Lipinski definition) is 7. The molecule has 0 radical (unpaired) electrons. The highest BCUT2D eigenvalue weighted by Crippen LogP contribution is 2.55. The van der Waals surface area contributed by atoms with Gasteiger partial charge in [0, 0.05) is 22.7 Å². The summed E-state index contributed by atoms with van der Waals surface area (Å²) in [6.07, 6.45) is 0. The van der Waals surface area contributed by atoms with Crippen molar-refractivity contribution in [3.8, 4) is 11.5 Å². The number of fused-ring (bicyclic) bond motifs is 1. The molecule has 2 aliphatic rings. The first kappa shape index (κ1) is 26.1. The number of nitrogens with zero attached hydrogens (tertiary/aromatic N) is 1. The lowest BCUT2D eigenvalue weighted by Gasteiger charge is -2.32. The number of anilines is 1. The van der Waals surface area contributed by atoms with Crippen LogP contribution >= 0.6 is 0 Å². The zero-order valence-electron chi connectivity index (χ0n) is 21.9. The lowest BCUT2D eigenvalue weighted by Crippen LogP contribution is -2.53. The van der Waals surface area contributed by atoms with E-state index in [1.54, 1.807) is 61.5 Å². The minimum absolute atomic E-state index is 0.155. The van der Waals surface area contributed by atoms with Gasteiger partial charge in [-0.1, -0.05) is 36.4 Å². The predicted octanol–water partition coefficient (Wildman–Crippen LogP) is 3.65. The number of carboxylic acids is 1. The molecule has 39 heavy (non-hydrogen) atoms. The first-order chi connectivity index (χ1) is 18.7. The van der Waals surface area contributed by atoms with E-state index in [1.807, 2.05) is 0 Å². The van der Waals surface area contributed by atoms with Crippen molar-refractivity contribution in [3.63, 3.8) is 0 Å². The van der Waals surface area contributed by atoms with E-state index in [1.165, 1.54) is 33.3 Å². The summed E-state index contributed by atoms with van der Waals surface area (Å²) >= 11 is 0. The van der Waals surface area contributed by atoms with Crippen LogP contribution in [0, 0.1) is 18.8 Å². The molecule has 2 amide bonds. The molecule has 0 spiro atoms. The van der Waals surface area contributed by atoms with Gasteiger partial charge in [-0.25, -0.2) is 9.69 Å². The van der Waals surface area contributed by atoms with Gasteiger partial charge in [-0.05, 0) is 49.7 Å². The second-order valence-electron chi connectivity index (χ2n) is 9.73. The van der Waals surface area contributed by atoms with Crippen LogP contribution in [0.2, 0.25) is 0 Å². The summed E-state index contributed by atoms with van der Waals surface area (Å²) in [5.41, 5.74) is 0.385. The number of Topliss-reactive ketones (excluding diaryl/α,β-unsaturated/α-hetero) is 1. The van der Waals surface area contributed by atoms with Crippen molar-refractivity contribution in [1.29, 1.82) is 0 Å². The fourth-order valence-corrected chi connectivity index (χ4v) is 5.99. The van der Waals surface area contributed by atoms with Gasteiger partial charge < -0.3 is 14.6 Å². The molecule has 3 aromatic carbocycles. The van der Waals surface area contributed by atoms with Gasteiger partial charge in [-0.2, -0.15) is 0 Å². The van der Waals surface area contributed by atoms with E-state index in [2.05, 4.69) is 5.32 Å². The highest BCUT2D eigenvalue weighted by atomic mass is 16.5. The van der Waals surface area contributed by atoms with E-state index >= 15 is 0 Å². The van der Waals surface area contributed by atoms with Crippen LogP contribution in [-0.4, -0.2) is 42.9 Å². The number of imide groups is 1. The number of carboxylic acid groups (broad SMARTS) is 1. The topological polar surface area (TPSA) is 122 Å². The van der Waals surface area contributed by atoms with Crippen molar-refractivity contribution < 1.29 is 33.8 Å². The second-order valence-corrected chi connectivity index (χ2v) is 9.73. The summed E-state index contributed by atoms with van der Waals surface area (Å²) in [7, 11) is 3.02. The standard InChI is InChI=1S/C30H28N2O7/c1-16-22(38-3)15-14-21(26(16)39-4)25-23-24(30(31-25,29(36)37)19-8-6-5-7-9-19)28(35)32(27(23)34)20-12-10-18(11-13-20)17(2)33/h5-15,23-25,31H,1-4H3,(H,36,37). The number of nitrogens with one attached hydrogen (secondary N) is 1. The van der Waals surface area contributed by atoms with Gasteiger partial charge in [-0.15, -0.1) is 0 Å². The third-order valence-corrected chi connectivity index (χ3v) is 7.80. The third-order valence-electron chi connectivity index (χ3n) is 7.80. The van der Waals surface area contributed by atoms with Gasteiger partial charge in [0.25, 0.3) is 0 Å². The quantitative estimate of drug-likeness (QED) is 0.352. The molecule has 0 aliphatic carbocycles. The molecule has 0 aromatic heterocycles. The van der Waals surface area contributed by atoms with E-state index < -0.39 is 41.2 Å². The highest BCUT2D eigenvalue weighted by Gasteiger charge is 2.69. The second kappa shape index (κ2) is 9.67. The number of carbonyl (C=O) groups excluding carboxylic acids is 3. The molecule has 2 saturated heterocycles. The fraction of sp³-hybridized carbons (Fsp3) is 0.267. The molecule has 2 aliphatic heterocycles. The minimum atomic E-state index is -1.89. The molecule has 2 heterocycles. The van der Waals surface area contributed by atoms with Crippen LogP contribution in [0.5, 0.6) is 11.5 Å². The van der Waals surface area contributed by atoms with Crippen molar-refractivity contribution in [2.24, 2.45) is 11.8 Å². The van der Waals surface area contributed by atoms with Crippen LogP contribution in [0.1, 0.15) is 40.0 Å². The molecule has 9 heteroatoms. The lowest BCUT2D eigenvalue weighted by atomic mass is 9.75. The summed E-state index contributed by atoms with van der Waals surface area (Å²) in [5.74, 6) is -3.90. The Morgan fingerprint density at radius 3 is 2.15 bits per heavy atom. The predicted molar refractivity (Wildman–Crippen MR) is 142 cm³/mol. The van der Waals surface area contributed by atoms with Crippen molar-refractivity contribution in [2.75, 3.05) is 19.1 Å². The van der Waals surface area contributed by atoms with Crippen molar-refractivity contribution in [2.45, 2.75) is 25.4 Å². The Hall–Kier alpha value is -4.50. The van der Waals surface area contributed by atoms with Crippen molar-refractivity contribution >= 4 is 29.3 Å². The van der Waals surface area contributed by atoms with Crippen LogP contribution in [0.25, 0.3) is 0 Å². The summed E-state index contributed by atoms with van der Waals surface area (Å²) in [6, 6.07) is 17.1. The average Bonchev–Trinajstić information content (AvgIpc) is 3.43. The number of ether oxygens (including phenoxy) is 2. The number of methoxy groups -OCH3 is 2. The Labute approximate surface area is 225 Å². The van der Waals surface area contributed by atoms with Crippen molar-refractivity contribution in [1.82, 2.24) is 5.32 Å². The Bertz CT molecular complexity index is 1490. The Kier molecular flexibility index (Phi) is 6.47. The number of rotatable bonds is 7. The Balaban J connectivity index is 1.72. The van der Waals surface area contributed by atoms with Gasteiger partial charge in [0.2, 0.25) is 11.8 Å². The average molecular weight is 529 g/mol. The molecule has 5 rings (SSSR count). The number of aliphatic carboxylic acids is 1. The first-order valence-corrected chi connectivity index (χ1v) is 12.4. The number of amides is 2. The Morgan fingerprint density at radius 1 is 0.923 bits per heavy atom. The maximum atomic E-state index is 14.1. The van der Waals surface area contributed by atoms with E-state index in [9.17, 15) is 24.3 Å². The normalized spacial score (nSPS) is 24.0. The summed E-state index contributed by atoms with van der Waals surface area (Å²) < 4.78 is 11.1. The molecular formula is C30H28N2O7. The molecule has 3 aromatic rings. The molecule has 0 bridgehead atoms. The largest absolute Gasteiger partial charge is 0.496 e. The molecule has 9 nitrogen and oxygen atoms in total. The van der Waals surface area contributed by atoms with Crippen molar-refractivity contribution in [3.05, 3.63) is 89.0 Å². The monoisotopic (exact) mass is 528 g/mol. The zero-order valence-corrected chi connectivity index (χ0v) is 21.9. The summed E-state index contributed by atoms with van der Waals surface area (Å²) in [4.78, 5) is 54.1. The molecule has 4 atom stereocenters. The van der Waals surface area contributed by atoms with Crippen LogP contribution < -0.4 is 19.7 Å². The number of carbonyl (C=O) groups is 4. The van der Waals surface area contributed by atoms with Crippen LogP contribution in [0.15, 0.2) is 66.7 Å². The van der Waals surface area contributed by atoms with Crippen LogP contribution in [-0.2, 0) is 19.9 Å². The van der Waals surface area contributed by atoms with Crippen LogP contribution in [0.3, 0.4) is 0 Å². The van der Waals surface area contributed by atoms with Gasteiger partial charge >= 0.3 is 5.97 Å². The van der Waals surface area contributed by atoms with E-state index in [4.69, 9.17) is 9.47 Å². The van der Waals surface area contributed by atoms with E-state index in [0.717, 1.165) is 4.90 Å². The number of hydrogen-bond donors (Lipinski definition) is 2. The van der Waals surface area contributed by atoms with Gasteiger partial charge in [0.1, 0.15) is 11.5 Å². The Morgan fingerprint density at radius 2 is 1.59 bits per heavy atom. The molecule has 2 fully saturated rings. The molecule has 0 saturated carbocycles. The van der Waals surface area contributed by atoms with Crippen LogP contribution in [0.4, 0.5) is 5.69 Å². The SMILES string of the molecule is COc1ccc(C2NC(C(=O)O)(c3ccccc3)C3C(=O)N(c4ccc(C(C)=O)cc4)C(=O)C23)c(OC)c1C. The van der Waals surface area contributed by atoms with E-state index in [0.29, 0.717) is 33.8 Å². The first-order valence-electron chi connectivity index (χ1n) is 12.4. The number of ketones is 1. The summed E-state index contributed by atoms with van der Waals surface area (Å²) in [5, 5.41) is 13.9. The lowest BCUT2D eigenvalue weighted by molar-refractivity contribution is -0.149. The third kappa shape index (κ3) is 3.80. The smallest absolute Gasteiger partial charge is 0.329 e. The van der Waals surface area contributed by atoms with Gasteiger partial charge in [-0.3, -0.25) is 19.7 Å². The maximum absolute atomic E-state index is 14.1. The maximum Gasteiger partial charge on any atom is 0.329 e. The highest BCUT2D eigenvalue weighted by molar-refractivity contribution is 6.24. The molecule has 200 valence electrons. The molecule has 4 unspecified atom stereocenters. The number of benzene rings is 3. The minimum Gasteiger partial charge on any atom is -0.496 e. The molecule has 2 N–H and O–H groups in total. The van der Waals surface area contributed by atoms with Gasteiger partial charge in [0.05, 0.1) is 31.7 Å². The summed E-state index contributed by atoms with van der Waals surface area (Å²) in [6.45, 7) is 3.23. The van der Waals surface area contributed by atoms with E-state index in [-0.39, 0.29) is 11.5 Å². The molecular weight excluding hydrogens is 500 g/mol. The van der Waals surface area contributed by atoms with Gasteiger partial charge in [0.15, 0.2) is 11.3 Å².